The van der Waals surface area contributed by atoms with E-state index in [9.17, 15) is 9.59 Å². The van der Waals surface area contributed by atoms with Crippen molar-refractivity contribution in [2.75, 3.05) is 5.32 Å². The van der Waals surface area contributed by atoms with E-state index in [0.717, 1.165) is 17.7 Å². The number of aliphatic carboxylic acids is 1. The van der Waals surface area contributed by atoms with Crippen LogP contribution in [0.3, 0.4) is 0 Å². The molecule has 7 heteroatoms. The Balaban J connectivity index is 2.58. The van der Waals surface area contributed by atoms with E-state index in [1.807, 2.05) is 0 Å². The van der Waals surface area contributed by atoms with Gasteiger partial charge in [0, 0.05) is 24.0 Å². The first-order chi connectivity index (χ1) is 8.47. The summed E-state index contributed by atoms with van der Waals surface area (Å²) in [5.74, 6) is -1.74. The average molecular weight is 269 g/mol. The summed E-state index contributed by atoms with van der Waals surface area (Å²) in [6.07, 6.45) is 1.83. The molecule has 1 aromatic rings. The molecule has 0 aliphatic rings. The van der Waals surface area contributed by atoms with E-state index < -0.39 is 20.3 Å². The van der Waals surface area contributed by atoms with Gasteiger partial charge in [-0.05, 0) is 17.7 Å². The monoisotopic (exact) mass is 269 g/mol. The van der Waals surface area contributed by atoms with Crippen molar-refractivity contribution >= 4 is 25.9 Å². The fourth-order valence-corrected chi connectivity index (χ4v) is 1.73. The molecule has 1 amide bonds. The molecule has 1 rings (SSSR count). The maximum Gasteiger partial charge on any atom is 0.328 e. The minimum atomic E-state index is -1.98. The van der Waals surface area contributed by atoms with Gasteiger partial charge in [-0.1, -0.05) is 12.1 Å². The van der Waals surface area contributed by atoms with Crippen LogP contribution in [0.1, 0.15) is 5.56 Å². The second-order valence-electron chi connectivity index (χ2n) is 3.39. The molecular weight excluding hydrogens is 257 g/mol. The summed E-state index contributed by atoms with van der Waals surface area (Å²) >= 11 is 0. The molecule has 0 saturated heterocycles. The van der Waals surface area contributed by atoms with Crippen LogP contribution >= 0.6 is 8.38 Å². The molecule has 0 spiro atoms. The smallest absolute Gasteiger partial charge is 0.328 e. The lowest BCUT2D eigenvalue weighted by Crippen LogP contribution is -2.08. The summed E-state index contributed by atoms with van der Waals surface area (Å²) in [6, 6.07) is 6.50. The molecule has 4 N–H and O–H groups in total. The third kappa shape index (κ3) is 5.54. The lowest BCUT2D eigenvalue weighted by molar-refractivity contribution is -0.131. The first-order valence-corrected chi connectivity index (χ1v) is 6.37. The molecule has 0 aliphatic heterocycles. The van der Waals surface area contributed by atoms with Gasteiger partial charge in [0.15, 0.2) is 8.38 Å². The number of hydrogen-bond acceptors (Lipinski definition) is 4. The number of hydrogen-bond donors (Lipinski definition) is 4. The van der Waals surface area contributed by atoms with Crippen LogP contribution in [0.25, 0.3) is 0 Å². The largest absolute Gasteiger partial charge is 0.478 e. The van der Waals surface area contributed by atoms with Crippen LogP contribution in [0.2, 0.25) is 0 Å². The lowest BCUT2D eigenvalue weighted by Gasteiger charge is -2.05. The summed E-state index contributed by atoms with van der Waals surface area (Å²) in [6.45, 7) is 0. The van der Waals surface area contributed by atoms with Gasteiger partial charge < -0.3 is 20.2 Å². The molecule has 0 saturated carbocycles. The summed E-state index contributed by atoms with van der Waals surface area (Å²) < 4.78 is 0. The molecule has 18 heavy (non-hydrogen) atoms. The van der Waals surface area contributed by atoms with Gasteiger partial charge in [-0.2, -0.15) is 0 Å². The number of carboxylic acid groups (broad SMARTS) is 1. The van der Waals surface area contributed by atoms with Gasteiger partial charge in [0.1, 0.15) is 0 Å². The zero-order chi connectivity index (χ0) is 13.5. The van der Waals surface area contributed by atoms with Crippen molar-refractivity contribution in [2.45, 2.75) is 6.16 Å². The van der Waals surface area contributed by atoms with Crippen molar-refractivity contribution in [3.63, 3.8) is 0 Å². The third-order valence-electron chi connectivity index (χ3n) is 1.92. The van der Waals surface area contributed by atoms with Crippen molar-refractivity contribution in [3.8, 4) is 0 Å². The predicted octanol–water partition coefficient (Wildman–Crippen LogP) is 1.06. The summed E-state index contributed by atoms with van der Waals surface area (Å²) in [5.41, 5.74) is 1.24. The molecule has 96 valence electrons. The Bertz CT molecular complexity index is 455. The highest BCUT2D eigenvalue weighted by atomic mass is 31.2. The number of rotatable bonds is 5. The van der Waals surface area contributed by atoms with E-state index in [1.54, 1.807) is 24.3 Å². The van der Waals surface area contributed by atoms with Gasteiger partial charge in [-0.3, -0.25) is 4.79 Å². The van der Waals surface area contributed by atoms with E-state index in [-0.39, 0.29) is 6.16 Å². The number of carboxylic acids is 1. The molecule has 0 bridgehead atoms. The van der Waals surface area contributed by atoms with Crippen LogP contribution < -0.4 is 5.32 Å². The first-order valence-electron chi connectivity index (χ1n) is 4.93. The van der Waals surface area contributed by atoms with E-state index in [4.69, 9.17) is 14.9 Å². The second-order valence-corrected chi connectivity index (χ2v) is 4.45. The fourth-order valence-electron chi connectivity index (χ4n) is 1.19. The Labute approximate surface area is 104 Å². The zero-order valence-electron chi connectivity index (χ0n) is 9.28. The van der Waals surface area contributed by atoms with Gasteiger partial charge in [0.25, 0.3) is 0 Å². The normalized spacial score (nSPS) is 10.8. The van der Waals surface area contributed by atoms with Crippen LogP contribution in [0.4, 0.5) is 5.69 Å². The van der Waals surface area contributed by atoms with E-state index >= 15 is 0 Å². The van der Waals surface area contributed by atoms with Crippen molar-refractivity contribution in [1.82, 2.24) is 0 Å². The van der Waals surface area contributed by atoms with Gasteiger partial charge in [0.2, 0.25) is 5.91 Å². The van der Waals surface area contributed by atoms with E-state index in [2.05, 4.69) is 5.32 Å². The topological polar surface area (TPSA) is 107 Å². The molecule has 1 aromatic carbocycles. The fraction of sp³-hybridized carbons (Fsp3) is 0.0909. The molecule has 0 radical (unpaired) electrons. The Morgan fingerprint density at radius 3 is 2.28 bits per heavy atom. The molecular formula is C11H12NO5P. The summed E-state index contributed by atoms with van der Waals surface area (Å²) in [5, 5.41) is 10.8. The maximum absolute atomic E-state index is 11.2. The van der Waals surface area contributed by atoms with Crippen molar-refractivity contribution < 1.29 is 24.5 Å². The molecule has 0 atom stereocenters. The van der Waals surface area contributed by atoms with Crippen molar-refractivity contribution in [3.05, 3.63) is 42.0 Å². The maximum atomic E-state index is 11.2. The molecule has 0 aliphatic carbocycles. The minimum Gasteiger partial charge on any atom is -0.478 e. The second kappa shape index (κ2) is 6.86. The standard InChI is InChI=1S/C11H12NO5P/c13-10(5-6-11(14)15)12-9-3-1-8(2-4-9)7-18(16)17/h1-6,16-17H,7H2,(H,12,13)(H,14,15)/b6-5-. The quantitative estimate of drug-likeness (QED) is 0.472. The highest BCUT2D eigenvalue weighted by molar-refractivity contribution is 7.44. The molecule has 0 heterocycles. The molecule has 0 fully saturated rings. The first kappa shape index (κ1) is 14.3. The Hall–Kier alpha value is -1.75. The van der Waals surface area contributed by atoms with Gasteiger partial charge in [0.05, 0.1) is 0 Å². The number of anilines is 1. The number of amides is 1. The van der Waals surface area contributed by atoms with Crippen LogP contribution in [0, 0.1) is 0 Å². The van der Waals surface area contributed by atoms with E-state index in [1.165, 1.54) is 0 Å². The van der Waals surface area contributed by atoms with Crippen molar-refractivity contribution in [1.29, 1.82) is 0 Å². The molecule has 6 nitrogen and oxygen atoms in total. The Kier molecular flexibility index (Phi) is 5.45. The summed E-state index contributed by atoms with van der Waals surface area (Å²) in [7, 11) is -1.98. The minimum absolute atomic E-state index is 0.169. The number of benzene rings is 1. The lowest BCUT2D eigenvalue weighted by atomic mass is 10.2. The van der Waals surface area contributed by atoms with Crippen LogP contribution in [0.5, 0.6) is 0 Å². The number of carbonyl (C=O) groups excluding carboxylic acids is 1. The predicted molar refractivity (Wildman–Crippen MR) is 66.9 cm³/mol. The number of nitrogens with one attached hydrogen (secondary N) is 1. The van der Waals surface area contributed by atoms with Crippen LogP contribution in [0.15, 0.2) is 36.4 Å². The van der Waals surface area contributed by atoms with E-state index in [0.29, 0.717) is 5.69 Å². The number of carbonyl (C=O) groups is 2. The molecule has 0 unspecified atom stereocenters. The Morgan fingerprint density at radius 1 is 1.17 bits per heavy atom. The third-order valence-corrected chi connectivity index (χ3v) is 2.57. The average Bonchev–Trinajstić information content (AvgIpc) is 2.28. The van der Waals surface area contributed by atoms with Crippen LogP contribution in [-0.2, 0) is 15.8 Å². The van der Waals surface area contributed by atoms with Gasteiger partial charge >= 0.3 is 5.97 Å². The highest BCUT2D eigenvalue weighted by Crippen LogP contribution is 2.29. The van der Waals surface area contributed by atoms with Gasteiger partial charge in [-0.25, -0.2) is 4.79 Å². The Morgan fingerprint density at radius 2 is 1.78 bits per heavy atom. The zero-order valence-corrected chi connectivity index (χ0v) is 10.2. The summed E-state index contributed by atoms with van der Waals surface area (Å²) in [4.78, 5) is 39.1. The van der Waals surface area contributed by atoms with Gasteiger partial charge in [-0.15, -0.1) is 0 Å². The van der Waals surface area contributed by atoms with Crippen molar-refractivity contribution in [2.24, 2.45) is 0 Å². The molecule has 0 aromatic heterocycles. The highest BCUT2D eigenvalue weighted by Gasteiger charge is 2.02. The van der Waals surface area contributed by atoms with Crippen LogP contribution in [-0.4, -0.2) is 26.8 Å². The SMILES string of the molecule is O=C(O)/C=C\C(=O)Nc1ccc(CP(O)O)cc1.